The molecule has 0 spiro atoms. The first kappa shape index (κ1) is 12.0. The lowest BCUT2D eigenvalue weighted by molar-refractivity contribution is 0.475. The van der Waals surface area contributed by atoms with Crippen LogP contribution in [-0.4, -0.2) is 16.1 Å². The lowest BCUT2D eigenvalue weighted by atomic mass is 10.2. The second kappa shape index (κ2) is 4.90. The van der Waals surface area contributed by atoms with E-state index in [0.29, 0.717) is 18.5 Å². The van der Waals surface area contributed by atoms with Crippen LogP contribution in [0.25, 0.3) is 0 Å². The SMILES string of the molecule is NC1CC1c1ccc(NCc2ccc(O)cc2)nc1. The summed E-state index contributed by atoms with van der Waals surface area (Å²) in [4.78, 5) is 4.39. The molecule has 4 nitrogen and oxygen atoms in total. The topological polar surface area (TPSA) is 71.2 Å². The summed E-state index contributed by atoms with van der Waals surface area (Å²) in [6, 6.07) is 11.5. The van der Waals surface area contributed by atoms with Gasteiger partial charge in [0.25, 0.3) is 0 Å². The van der Waals surface area contributed by atoms with Crippen molar-refractivity contribution in [2.24, 2.45) is 5.73 Å². The number of hydrogen-bond acceptors (Lipinski definition) is 4. The molecule has 0 amide bonds. The van der Waals surface area contributed by atoms with Crippen molar-refractivity contribution in [3.05, 3.63) is 53.7 Å². The van der Waals surface area contributed by atoms with E-state index in [1.54, 1.807) is 12.1 Å². The van der Waals surface area contributed by atoms with Crippen molar-refractivity contribution < 1.29 is 5.11 Å². The Hall–Kier alpha value is -2.07. The summed E-state index contributed by atoms with van der Waals surface area (Å²) in [5, 5.41) is 12.5. The van der Waals surface area contributed by atoms with E-state index < -0.39 is 0 Å². The van der Waals surface area contributed by atoms with Gasteiger partial charge in [-0.2, -0.15) is 0 Å². The van der Waals surface area contributed by atoms with Gasteiger partial charge in [-0.3, -0.25) is 0 Å². The summed E-state index contributed by atoms with van der Waals surface area (Å²) >= 11 is 0. The Balaban J connectivity index is 1.59. The van der Waals surface area contributed by atoms with Crippen LogP contribution >= 0.6 is 0 Å². The van der Waals surface area contributed by atoms with Gasteiger partial charge in [-0.1, -0.05) is 18.2 Å². The number of anilines is 1. The summed E-state index contributed by atoms with van der Waals surface area (Å²) in [5.41, 5.74) is 8.15. The zero-order chi connectivity index (χ0) is 13.2. The van der Waals surface area contributed by atoms with E-state index in [9.17, 15) is 5.11 Å². The summed E-state index contributed by atoms with van der Waals surface area (Å²) < 4.78 is 0. The first-order valence-electron chi connectivity index (χ1n) is 6.46. The molecule has 2 unspecified atom stereocenters. The normalized spacial score (nSPS) is 21.1. The fourth-order valence-corrected chi connectivity index (χ4v) is 2.13. The highest BCUT2D eigenvalue weighted by Gasteiger charge is 2.34. The van der Waals surface area contributed by atoms with Gasteiger partial charge in [-0.05, 0) is 35.7 Å². The number of phenols is 1. The molecular weight excluding hydrogens is 238 g/mol. The Morgan fingerprint density at radius 2 is 1.95 bits per heavy atom. The fraction of sp³-hybridized carbons (Fsp3) is 0.267. The van der Waals surface area contributed by atoms with Crippen LogP contribution in [0, 0.1) is 0 Å². The third kappa shape index (κ3) is 2.85. The number of rotatable bonds is 4. The van der Waals surface area contributed by atoms with Crippen LogP contribution in [0.4, 0.5) is 5.82 Å². The highest BCUT2D eigenvalue weighted by atomic mass is 16.3. The smallest absolute Gasteiger partial charge is 0.126 e. The zero-order valence-corrected chi connectivity index (χ0v) is 10.6. The molecule has 0 aliphatic heterocycles. The van der Waals surface area contributed by atoms with Crippen molar-refractivity contribution in [3.63, 3.8) is 0 Å². The summed E-state index contributed by atoms with van der Waals surface area (Å²) in [5.74, 6) is 1.64. The van der Waals surface area contributed by atoms with Crippen LogP contribution in [0.5, 0.6) is 5.75 Å². The van der Waals surface area contributed by atoms with Gasteiger partial charge in [0, 0.05) is 24.7 Å². The molecule has 4 N–H and O–H groups in total. The van der Waals surface area contributed by atoms with Gasteiger partial charge in [0.15, 0.2) is 0 Å². The predicted molar refractivity (Wildman–Crippen MR) is 75.0 cm³/mol. The van der Waals surface area contributed by atoms with E-state index in [1.807, 2.05) is 24.4 Å². The first-order chi connectivity index (χ1) is 9.22. The number of pyridine rings is 1. The third-order valence-corrected chi connectivity index (χ3v) is 3.46. The second-order valence-electron chi connectivity index (χ2n) is 5.00. The maximum atomic E-state index is 9.21. The largest absolute Gasteiger partial charge is 0.508 e. The third-order valence-electron chi connectivity index (χ3n) is 3.46. The zero-order valence-electron chi connectivity index (χ0n) is 10.6. The molecule has 1 aromatic carbocycles. The van der Waals surface area contributed by atoms with Gasteiger partial charge >= 0.3 is 0 Å². The van der Waals surface area contributed by atoms with E-state index in [1.165, 1.54) is 5.56 Å². The molecule has 3 rings (SSSR count). The molecule has 1 aliphatic carbocycles. The first-order valence-corrected chi connectivity index (χ1v) is 6.46. The summed E-state index contributed by atoms with van der Waals surface area (Å²) in [7, 11) is 0. The van der Waals surface area contributed by atoms with Gasteiger partial charge in [-0.15, -0.1) is 0 Å². The maximum Gasteiger partial charge on any atom is 0.126 e. The van der Waals surface area contributed by atoms with Gasteiger partial charge in [0.1, 0.15) is 11.6 Å². The maximum absolute atomic E-state index is 9.21. The minimum Gasteiger partial charge on any atom is -0.508 e. The Morgan fingerprint density at radius 1 is 1.21 bits per heavy atom. The van der Waals surface area contributed by atoms with Crippen LogP contribution in [0.15, 0.2) is 42.6 Å². The fourth-order valence-electron chi connectivity index (χ4n) is 2.13. The summed E-state index contributed by atoms with van der Waals surface area (Å²) in [6.07, 6.45) is 2.97. The highest BCUT2D eigenvalue weighted by Crippen LogP contribution is 2.38. The lowest BCUT2D eigenvalue weighted by Crippen LogP contribution is -2.03. The molecule has 1 fully saturated rings. The molecule has 1 aromatic heterocycles. The van der Waals surface area contributed by atoms with Crippen molar-refractivity contribution in [3.8, 4) is 5.75 Å². The molecule has 1 heterocycles. The summed E-state index contributed by atoms with van der Waals surface area (Å²) in [6.45, 7) is 0.690. The van der Waals surface area contributed by atoms with Gasteiger partial charge in [0.05, 0.1) is 0 Å². The van der Waals surface area contributed by atoms with E-state index >= 15 is 0 Å². The molecule has 0 saturated heterocycles. The average molecular weight is 255 g/mol. The van der Waals surface area contributed by atoms with Crippen LogP contribution < -0.4 is 11.1 Å². The monoisotopic (exact) mass is 255 g/mol. The average Bonchev–Trinajstić information content (AvgIpc) is 3.16. The lowest BCUT2D eigenvalue weighted by Gasteiger charge is -2.06. The molecule has 0 radical (unpaired) electrons. The molecule has 19 heavy (non-hydrogen) atoms. The number of nitrogens with one attached hydrogen (secondary N) is 1. The molecule has 0 bridgehead atoms. The molecule has 1 aliphatic rings. The quantitative estimate of drug-likeness (QED) is 0.783. The minimum absolute atomic E-state index is 0.284. The standard InChI is InChI=1S/C15H17N3O/c16-14-7-13(14)11-3-6-15(18-9-11)17-8-10-1-4-12(19)5-2-10/h1-6,9,13-14,19H,7-8,16H2,(H,17,18). The number of aromatic hydroxyl groups is 1. The van der Waals surface area contributed by atoms with E-state index in [4.69, 9.17) is 5.73 Å². The van der Waals surface area contributed by atoms with Crippen molar-refractivity contribution >= 4 is 5.82 Å². The molecule has 1 saturated carbocycles. The number of nitrogens with two attached hydrogens (primary N) is 1. The Labute approximate surface area is 112 Å². The van der Waals surface area contributed by atoms with Gasteiger partial charge < -0.3 is 16.2 Å². The Bertz CT molecular complexity index is 551. The van der Waals surface area contributed by atoms with Crippen LogP contribution in [-0.2, 0) is 6.54 Å². The van der Waals surface area contributed by atoms with E-state index in [-0.39, 0.29) is 5.75 Å². The van der Waals surface area contributed by atoms with Crippen molar-refractivity contribution in [2.45, 2.75) is 24.9 Å². The van der Waals surface area contributed by atoms with Crippen molar-refractivity contribution in [1.82, 2.24) is 4.98 Å². The number of nitrogens with zero attached hydrogens (tertiary/aromatic N) is 1. The van der Waals surface area contributed by atoms with E-state index in [0.717, 1.165) is 17.8 Å². The van der Waals surface area contributed by atoms with E-state index in [2.05, 4.69) is 16.4 Å². The van der Waals surface area contributed by atoms with Crippen LogP contribution in [0.3, 0.4) is 0 Å². The minimum atomic E-state index is 0.284. The van der Waals surface area contributed by atoms with Gasteiger partial charge in [-0.25, -0.2) is 4.98 Å². The second-order valence-corrected chi connectivity index (χ2v) is 5.00. The van der Waals surface area contributed by atoms with Gasteiger partial charge in [0.2, 0.25) is 0 Å². The number of aromatic nitrogens is 1. The highest BCUT2D eigenvalue weighted by molar-refractivity contribution is 5.39. The number of benzene rings is 1. The predicted octanol–water partition coefficient (Wildman–Crippen LogP) is 2.21. The molecular formula is C15H17N3O. The Morgan fingerprint density at radius 3 is 2.53 bits per heavy atom. The van der Waals surface area contributed by atoms with Crippen molar-refractivity contribution in [2.75, 3.05) is 5.32 Å². The molecule has 2 atom stereocenters. The van der Waals surface area contributed by atoms with Crippen LogP contribution in [0.1, 0.15) is 23.5 Å². The van der Waals surface area contributed by atoms with Crippen LogP contribution in [0.2, 0.25) is 0 Å². The molecule has 2 aromatic rings. The number of hydrogen-bond donors (Lipinski definition) is 3. The molecule has 4 heteroatoms. The van der Waals surface area contributed by atoms with Crippen molar-refractivity contribution in [1.29, 1.82) is 0 Å². The Kier molecular flexibility index (Phi) is 3.09. The number of phenolic OH excluding ortho intramolecular Hbond substituents is 1. The molecule has 98 valence electrons.